The Balaban J connectivity index is 2.17. The normalized spacial score (nSPS) is 11.4. The average molecular weight is 323 g/mol. The van der Waals surface area contributed by atoms with E-state index in [4.69, 9.17) is 4.74 Å². The summed E-state index contributed by atoms with van der Waals surface area (Å²) >= 11 is 0. The molecule has 1 N–H and O–H groups in total. The van der Waals surface area contributed by atoms with Gasteiger partial charge in [-0.2, -0.15) is 13.2 Å². The van der Waals surface area contributed by atoms with Gasteiger partial charge in [0.05, 0.1) is 17.2 Å². The first kappa shape index (κ1) is 16.9. The topological polar surface area (TPSA) is 38.3 Å². The van der Waals surface area contributed by atoms with E-state index in [0.29, 0.717) is 11.4 Å². The molecule has 0 radical (unpaired) electrons. The molecule has 2 aromatic rings. The first-order valence-electron chi connectivity index (χ1n) is 7.01. The average Bonchev–Trinajstić information content (AvgIpc) is 2.48. The Kier molecular flexibility index (Phi) is 4.93. The number of carbonyl (C=O) groups is 1. The number of ether oxygens (including phenoxy) is 1. The van der Waals surface area contributed by atoms with E-state index in [2.05, 4.69) is 5.32 Å². The molecular formula is C17H16F3NO2. The van der Waals surface area contributed by atoms with Crippen molar-refractivity contribution in [2.24, 2.45) is 0 Å². The van der Waals surface area contributed by atoms with Crippen molar-refractivity contribution >= 4 is 11.6 Å². The van der Waals surface area contributed by atoms with Crippen LogP contribution in [0.5, 0.6) is 5.75 Å². The van der Waals surface area contributed by atoms with Crippen molar-refractivity contribution in [3.63, 3.8) is 0 Å². The fourth-order valence-electron chi connectivity index (χ4n) is 2.02. The van der Waals surface area contributed by atoms with Crippen LogP contribution >= 0.6 is 0 Å². The smallest absolute Gasteiger partial charge is 0.417 e. The second kappa shape index (κ2) is 6.73. The third-order valence-electron chi connectivity index (χ3n) is 2.96. The van der Waals surface area contributed by atoms with Gasteiger partial charge in [0.15, 0.2) is 0 Å². The van der Waals surface area contributed by atoms with Gasteiger partial charge in [-0.3, -0.25) is 4.79 Å². The molecule has 0 bridgehead atoms. The van der Waals surface area contributed by atoms with E-state index in [1.807, 2.05) is 13.8 Å². The number of hydrogen-bond donors (Lipinski definition) is 1. The van der Waals surface area contributed by atoms with Gasteiger partial charge >= 0.3 is 6.18 Å². The fourth-order valence-corrected chi connectivity index (χ4v) is 2.02. The summed E-state index contributed by atoms with van der Waals surface area (Å²) < 4.78 is 44.2. The minimum atomic E-state index is -4.58. The molecule has 0 aliphatic rings. The van der Waals surface area contributed by atoms with Crippen molar-refractivity contribution in [2.45, 2.75) is 26.1 Å². The van der Waals surface area contributed by atoms with Gasteiger partial charge in [-0.05, 0) is 50.2 Å². The zero-order valence-electron chi connectivity index (χ0n) is 12.6. The molecule has 6 heteroatoms. The molecular weight excluding hydrogens is 307 g/mol. The van der Waals surface area contributed by atoms with E-state index < -0.39 is 23.2 Å². The third kappa shape index (κ3) is 4.48. The Morgan fingerprint density at radius 2 is 1.65 bits per heavy atom. The van der Waals surface area contributed by atoms with Gasteiger partial charge in [0.25, 0.3) is 5.91 Å². The monoisotopic (exact) mass is 323 g/mol. The van der Waals surface area contributed by atoms with Gasteiger partial charge in [-0.15, -0.1) is 0 Å². The van der Waals surface area contributed by atoms with Crippen LogP contribution in [0.3, 0.4) is 0 Å². The Morgan fingerprint density at radius 3 is 2.22 bits per heavy atom. The van der Waals surface area contributed by atoms with Crippen LogP contribution in [0.25, 0.3) is 0 Å². The summed E-state index contributed by atoms with van der Waals surface area (Å²) in [4.78, 5) is 12.1. The number of carbonyl (C=O) groups excluding carboxylic acids is 1. The summed E-state index contributed by atoms with van der Waals surface area (Å²) in [5.74, 6) is -0.191. The predicted octanol–water partition coefficient (Wildman–Crippen LogP) is 4.74. The first-order valence-corrected chi connectivity index (χ1v) is 7.01. The summed E-state index contributed by atoms with van der Waals surface area (Å²) in [6.07, 6.45) is -4.57. The van der Waals surface area contributed by atoms with Crippen LogP contribution in [0.15, 0.2) is 48.5 Å². The number of anilines is 1. The highest BCUT2D eigenvalue weighted by Gasteiger charge is 2.34. The van der Waals surface area contributed by atoms with Crippen molar-refractivity contribution in [1.29, 1.82) is 0 Å². The Hall–Kier alpha value is -2.50. The van der Waals surface area contributed by atoms with Crippen molar-refractivity contribution < 1.29 is 22.7 Å². The lowest BCUT2D eigenvalue weighted by Gasteiger charge is -2.13. The molecule has 0 aromatic heterocycles. The number of nitrogens with one attached hydrogen (secondary N) is 1. The molecule has 0 saturated carbocycles. The lowest BCUT2D eigenvalue weighted by molar-refractivity contribution is -0.137. The summed E-state index contributed by atoms with van der Waals surface area (Å²) in [7, 11) is 0. The van der Waals surface area contributed by atoms with Crippen LogP contribution in [0, 0.1) is 0 Å². The number of benzene rings is 2. The molecule has 2 rings (SSSR count). The molecule has 0 atom stereocenters. The van der Waals surface area contributed by atoms with Crippen molar-refractivity contribution in [3.8, 4) is 5.75 Å². The van der Waals surface area contributed by atoms with E-state index in [-0.39, 0.29) is 6.10 Å². The lowest BCUT2D eigenvalue weighted by atomic mass is 10.1. The van der Waals surface area contributed by atoms with Crippen LogP contribution in [-0.2, 0) is 6.18 Å². The zero-order valence-corrected chi connectivity index (χ0v) is 12.6. The number of amides is 1. The highest BCUT2D eigenvalue weighted by atomic mass is 19.4. The number of alkyl halides is 3. The summed E-state index contributed by atoms with van der Waals surface area (Å²) in [6, 6.07) is 11.1. The minimum absolute atomic E-state index is 0.00843. The minimum Gasteiger partial charge on any atom is -0.491 e. The molecule has 1 amide bonds. The van der Waals surface area contributed by atoms with Gasteiger partial charge in [0.1, 0.15) is 5.75 Å². The van der Waals surface area contributed by atoms with E-state index in [1.54, 1.807) is 24.3 Å². The van der Waals surface area contributed by atoms with Crippen molar-refractivity contribution in [2.75, 3.05) is 5.32 Å². The maximum Gasteiger partial charge on any atom is 0.417 e. The second-order valence-corrected chi connectivity index (χ2v) is 5.19. The molecule has 122 valence electrons. The van der Waals surface area contributed by atoms with Crippen LogP contribution < -0.4 is 10.1 Å². The van der Waals surface area contributed by atoms with E-state index in [9.17, 15) is 18.0 Å². The maximum atomic E-state index is 12.9. The van der Waals surface area contributed by atoms with Gasteiger partial charge in [-0.25, -0.2) is 0 Å². The Labute approximate surface area is 132 Å². The SMILES string of the molecule is CC(C)Oc1ccc(NC(=O)c2ccccc2C(F)(F)F)cc1. The first-order chi connectivity index (χ1) is 10.8. The quantitative estimate of drug-likeness (QED) is 0.882. The van der Waals surface area contributed by atoms with Crippen LogP contribution in [0.4, 0.5) is 18.9 Å². The van der Waals surface area contributed by atoms with E-state index in [1.165, 1.54) is 12.1 Å². The van der Waals surface area contributed by atoms with Crippen molar-refractivity contribution in [1.82, 2.24) is 0 Å². The molecule has 0 aliphatic heterocycles. The molecule has 0 fully saturated rings. The van der Waals surface area contributed by atoms with Crippen LogP contribution in [0.2, 0.25) is 0 Å². The fraction of sp³-hybridized carbons (Fsp3) is 0.235. The highest BCUT2D eigenvalue weighted by molar-refractivity contribution is 6.05. The van der Waals surface area contributed by atoms with E-state index in [0.717, 1.165) is 12.1 Å². The second-order valence-electron chi connectivity index (χ2n) is 5.19. The molecule has 0 heterocycles. The van der Waals surface area contributed by atoms with Gasteiger partial charge in [-0.1, -0.05) is 12.1 Å². The largest absolute Gasteiger partial charge is 0.491 e. The standard InChI is InChI=1S/C17H16F3NO2/c1-11(2)23-13-9-7-12(8-10-13)21-16(22)14-5-3-4-6-15(14)17(18,19)20/h3-11H,1-2H3,(H,21,22). The molecule has 0 unspecified atom stereocenters. The maximum absolute atomic E-state index is 12.9. The van der Waals surface area contributed by atoms with Crippen LogP contribution in [0.1, 0.15) is 29.8 Å². The molecule has 2 aromatic carbocycles. The number of halogens is 3. The Bertz CT molecular complexity index is 679. The van der Waals surface area contributed by atoms with Gasteiger partial charge in [0, 0.05) is 5.69 Å². The molecule has 3 nitrogen and oxygen atoms in total. The van der Waals surface area contributed by atoms with E-state index >= 15 is 0 Å². The lowest BCUT2D eigenvalue weighted by Crippen LogP contribution is -2.18. The highest BCUT2D eigenvalue weighted by Crippen LogP contribution is 2.32. The zero-order chi connectivity index (χ0) is 17.0. The third-order valence-corrected chi connectivity index (χ3v) is 2.96. The van der Waals surface area contributed by atoms with Crippen molar-refractivity contribution in [3.05, 3.63) is 59.7 Å². The summed E-state index contributed by atoms with van der Waals surface area (Å²) in [6.45, 7) is 3.76. The Morgan fingerprint density at radius 1 is 1.04 bits per heavy atom. The van der Waals surface area contributed by atoms with Gasteiger partial charge < -0.3 is 10.1 Å². The summed E-state index contributed by atoms with van der Waals surface area (Å²) in [5, 5.41) is 2.46. The molecule has 23 heavy (non-hydrogen) atoms. The predicted molar refractivity (Wildman–Crippen MR) is 81.6 cm³/mol. The number of hydrogen-bond acceptors (Lipinski definition) is 2. The summed E-state index contributed by atoms with van der Waals surface area (Å²) in [5.41, 5.74) is -0.983. The van der Waals surface area contributed by atoms with Crippen LogP contribution in [-0.4, -0.2) is 12.0 Å². The molecule has 0 saturated heterocycles. The number of rotatable bonds is 4. The van der Waals surface area contributed by atoms with Gasteiger partial charge in [0.2, 0.25) is 0 Å². The molecule has 0 spiro atoms. The molecule has 0 aliphatic carbocycles.